The van der Waals surface area contributed by atoms with Crippen LogP contribution in [0.1, 0.15) is 46.0 Å². The van der Waals surface area contributed by atoms with Crippen LogP contribution in [0, 0.1) is 11.8 Å². The Morgan fingerprint density at radius 3 is 2.31 bits per heavy atom. The van der Waals surface area contributed by atoms with Gasteiger partial charge in [0, 0.05) is 12.1 Å². The van der Waals surface area contributed by atoms with Crippen LogP contribution in [0.2, 0.25) is 0 Å². The van der Waals surface area contributed by atoms with E-state index in [1.54, 1.807) is 0 Å². The lowest BCUT2D eigenvalue weighted by Crippen LogP contribution is -2.49. The van der Waals surface area contributed by atoms with E-state index in [1.807, 2.05) is 0 Å². The fourth-order valence-corrected chi connectivity index (χ4v) is 3.63. The van der Waals surface area contributed by atoms with Crippen LogP contribution in [-0.2, 0) is 0 Å². The second-order valence-electron chi connectivity index (χ2n) is 6.01. The van der Waals surface area contributed by atoms with Gasteiger partial charge in [0.05, 0.1) is 0 Å². The Hall–Kier alpha value is -0.0800. The second kappa shape index (κ2) is 5.50. The zero-order valence-electron chi connectivity index (χ0n) is 11.2. The maximum Gasteiger partial charge on any atom is 0.0249 e. The summed E-state index contributed by atoms with van der Waals surface area (Å²) in [6.45, 7) is 7.44. The largest absolute Gasteiger partial charge is 0.315 e. The maximum absolute atomic E-state index is 3.50. The maximum atomic E-state index is 3.50. The monoisotopic (exact) mass is 224 g/mol. The highest BCUT2D eigenvalue weighted by Crippen LogP contribution is 2.30. The van der Waals surface area contributed by atoms with Crippen LogP contribution in [0.3, 0.4) is 0 Å². The van der Waals surface area contributed by atoms with Crippen molar-refractivity contribution >= 4 is 0 Å². The molecule has 2 rings (SSSR count). The molecule has 94 valence electrons. The Bertz CT molecular complexity index is 207. The molecule has 0 bridgehead atoms. The van der Waals surface area contributed by atoms with E-state index in [1.165, 1.54) is 45.2 Å². The summed E-state index contributed by atoms with van der Waals surface area (Å²) in [7, 11) is 2.13. The number of likely N-dealkylation sites (N-methyl/N-ethyl adjacent to an activating group) is 1. The molecule has 0 spiro atoms. The van der Waals surface area contributed by atoms with Crippen molar-refractivity contribution in [1.29, 1.82) is 0 Å². The fourth-order valence-electron chi connectivity index (χ4n) is 3.63. The molecule has 0 aromatic carbocycles. The Kier molecular flexibility index (Phi) is 4.26. The summed E-state index contributed by atoms with van der Waals surface area (Å²) in [5, 5.41) is 3.50. The van der Waals surface area contributed by atoms with Crippen LogP contribution in [0.5, 0.6) is 0 Å². The molecule has 2 aliphatic rings. The highest BCUT2D eigenvalue weighted by Gasteiger charge is 2.33. The Morgan fingerprint density at radius 2 is 1.75 bits per heavy atom. The zero-order valence-corrected chi connectivity index (χ0v) is 11.2. The average molecular weight is 224 g/mol. The molecule has 1 N–H and O–H groups in total. The first kappa shape index (κ1) is 12.4. The van der Waals surface area contributed by atoms with E-state index in [0.29, 0.717) is 0 Å². The summed E-state index contributed by atoms with van der Waals surface area (Å²) in [5.74, 6) is 1.86. The molecule has 0 radical (unpaired) electrons. The molecule has 1 heterocycles. The predicted molar refractivity (Wildman–Crippen MR) is 69.6 cm³/mol. The fraction of sp³-hybridized carbons (Fsp3) is 1.00. The highest BCUT2D eigenvalue weighted by atomic mass is 15.2. The van der Waals surface area contributed by atoms with Crippen LogP contribution in [0.25, 0.3) is 0 Å². The van der Waals surface area contributed by atoms with Crippen molar-refractivity contribution in [3.8, 4) is 0 Å². The summed E-state index contributed by atoms with van der Waals surface area (Å²) < 4.78 is 0. The molecule has 1 saturated carbocycles. The molecule has 2 fully saturated rings. The number of likely N-dealkylation sites (tertiary alicyclic amines) is 1. The summed E-state index contributed by atoms with van der Waals surface area (Å²) in [4.78, 5) is 2.76. The van der Waals surface area contributed by atoms with E-state index in [-0.39, 0.29) is 0 Å². The highest BCUT2D eigenvalue weighted by molar-refractivity contribution is 4.91. The number of piperidine rings is 1. The number of nitrogens with zero attached hydrogens (tertiary/aromatic N) is 1. The molecule has 2 unspecified atom stereocenters. The lowest BCUT2D eigenvalue weighted by atomic mass is 9.86. The van der Waals surface area contributed by atoms with Crippen molar-refractivity contribution < 1.29 is 0 Å². The Balaban J connectivity index is 1.84. The van der Waals surface area contributed by atoms with Gasteiger partial charge >= 0.3 is 0 Å². The van der Waals surface area contributed by atoms with Crippen molar-refractivity contribution in [2.24, 2.45) is 11.8 Å². The van der Waals surface area contributed by atoms with Crippen molar-refractivity contribution in [2.45, 2.75) is 58.0 Å². The first-order valence-corrected chi connectivity index (χ1v) is 7.13. The Labute approximate surface area is 101 Å². The van der Waals surface area contributed by atoms with Crippen molar-refractivity contribution in [3.05, 3.63) is 0 Å². The molecular formula is C14H28N2. The standard InChI is InChI=1S/C14H28N2/c1-11(2)12-7-9-16(10-8-12)14-6-4-5-13(14)15-3/h11-15H,4-10H2,1-3H3. The molecule has 0 amide bonds. The van der Waals surface area contributed by atoms with E-state index < -0.39 is 0 Å². The predicted octanol–water partition coefficient (Wildman–Crippen LogP) is 2.49. The number of nitrogens with one attached hydrogen (secondary N) is 1. The van der Waals surface area contributed by atoms with Crippen LogP contribution in [0.4, 0.5) is 0 Å². The summed E-state index contributed by atoms with van der Waals surface area (Å²) in [5.41, 5.74) is 0. The van der Waals surface area contributed by atoms with Crippen molar-refractivity contribution in [1.82, 2.24) is 10.2 Å². The van der Waals surface area contributed by atoms with Gasteiger partial charge in [-0.1, -0.05) is 20.3 Å². The molecule has 1 saturated heterocycles. The lowest BCUT2D eigenvalue weighted by Gasteiger charge is -2.39. The number of rotatable bonds is 3. The smallest absolute Gasteiger partial charge is 0.0249 e. The Morgan fingerprint density at radius 1 is 1.06 bits per heavy atom. The average Bonchev–Trinajstić information content (AvgIpc) is 2.77. The van der Waals surface area contributed by atoms with Crippen LogP contribution in [-0.4, -0.2) is 37.1 Å². The van der Waals surface area contributed by atoms with Crippen LogP contribution in [0.15, 0.2) is 0 Å². The minimum atomic E-state index is 0.760. The van der Waals surface area contributed by atoms with E-state index in [9.17, 15) is 0 Å². The van der Waals surface area contributed by atoms with Crippen LogP contribution >= 0.6 is 0 Å². The zero-order chi connectivity index (χ0) is 11.5. The summed E-state index contributed by atoms with van der Waals surface area (Å²) >= 11 is 0. The quantitative estimate of drug-likeness (QED) is 0.792. The van der Waals surface area contributed by atoms with Gasteiger partial charge in [0.25, 0.3) is 0 Å². The van der Waals surface area contributed by atoms with E-state index in [0.717, 1.165) is 23.9 Å². The van der Waals surface area contributed by atoms with E-state index >= 15 is 0 Å². The minimum Gasteiger partial charge on any atom is -0.315 e. The minimum absolute atomic E-state index is 0.760. The molecule has 16 heavy (non-hydrogen) atoms. The van der Waals surface area contributed by atoms with Gasteiger partial charge in [0.15, 0.2) is 0 Å². The third-order valence-corrected chi connectivity index (χ3v) is 4.84. The molecule has 2 heteroatoms. The van der Waals surface area contributed by atoms with Gasteiger partial charge in [-0.15, -0.1) is 0 Å². The van der Waals surface area contributed by atoms with Crippen molar-refractivity contribution in [3.63, 3.8) is 0 Å². The second-order valence-corrected chi connectivity index (χ2v) is 6.01. The van der Waals surface area contributed by atoms with Gasteiger partial charge in [-0.3, -0.25) is 4.90 Å². The van der Waals surface area contributed by atoms with Gasteiger partial charge in [-0.25, -0.2) is 0 Å². The van der Waals surface area contributed by atoms with Crippen LogP contribution < -0.4 is 5.32 Å². The third kappa shape index (κ3) is 2.60. The SMILES string of the molecule is CNC1CCCC1N1CCC(C(C)C)CC1. The normalized spacial score (nSPS) is 33.8. The van der Waals surface area contributed by atoms with E-state index in [4.69, 9.17) is 0 Å². The van der Waals surface area contributed by atoms with Gasteiger partial charge in [0.2, 0.25) is 0 Å². The lowest BCUT2D eigenvalue weighted by molar-refractivity contribution is 0.104. The molecule has 0 aromatic rings. The van der Waals surface area contributed by atoms with E-state index in [2.05, 4.69) is 31.1 Å². The first-order chi connectivity index (χ1) is 7.72. The molecule has 1 aliphatic carbocycles. The van der Waals surface area contributed by atoms with Gasteiger partial charge in [-0.05, 0) is 57.7 Å². The van der Waals surface area contributed by atoms with Crippen molar-refractivity contribution in [2.75, 3.05) is 20.1 Å². The summed E-state index contributed by atoms with van der Waals surface area (Å²) in [6.07, 6.45) is 7.05. The van der Waals surface area contributed by atoms with Gasteiger partial charge in [0.1, 0.15) is 0 Å². The molecule has 1 aliphatic heterocycles. The third-order valence-electron chi connectivity index (χ3n) is 4.84. The number of hydrogen-bond donors (Lipinski definition) is 1. The molecule has 2 nitrogen and oxygen atoms in total. The number of hydrogen-bond acceptors (Lipinski definition) is 2. The topological polar surface area (TPSA) is 15.3 Å². The molecular weight excluding hydrogens is 196 g/mol. The first-order valence-electron chi connectivity index (χ1n) is 7.13. The molecule has 2 atom stereocenters. The summed E-state index contributed by atoms with van der Waals surface area (Å²) in [6, 6.07) is 1.59. The van der Waals surface area contributed by atoms with Gasteiger partial charge in [-0.2, -0.15) is 0 Å². The van der Waals surface area contributed by atoms with Gasteiger partial charge < -0.3 is 5.32 Å². The molecule has 0 aromatic heterocycles.